The maximum atomic E-state index is 13.0. The minimum atomic E-state index is -0.632. The Morgan fingerprint density at radius 2 is 2.08 bits per heavy atom. The zero-order chi connectivity index (χ0) is 9.26. The van der Waals surface area contributed by atoms with Gasteiger partial charge >= 0.3 is 0 Å². The number of hydrogen-bond acceptors (Lipinski definition) is 4. The Morgan fingerprint density at radius 3 is 2.77 bits per heavy atom. The molecule has 0 unspecified atom stereocenters. The van der Waals surface area contributed by atoms with Crippen molar-refractivity contribution in [1.29, 1.82) is 0 Å². The molecule has 13 heavy (non-hydrogen) atoms. The zero-order valence-electron chi connectivity index (χ0n) is 6.41. The van der Waals surface area contributed by atoms with Gasteiger partial charge in [0.25, 0.3) is 0 Å². The molecular formula is C8H4FNO3. The minimum Gasteiger partial charge on any atom is -0.454 e. The molecule has 5 heteroatoms. The van der Waals surface area contributed by atoms with Gasteiger partial charge in [0.1, 0.15) is 5.69 Å². The second-order valence-corrected chi connectivity index (χ2v) is 2.36. The molecule has 0 spiro atoms. The quantitative estimate of drug-likeness (QED) is 0.487. The van der Waals surface area contributed by atoms with Crippen LogP contribution in [0.15, 0.2) is 17.1 Å². The number of carbonyl (C=O) groups excluding carboxylic acids is 1. The number of isocyanates is 1. The van der Waals surface area contributed by atoms with Crippen molar-refractivity contribution in [2.45, 2.75) is 0 Å². The van der Waals surface area contributed by atoms with Crippen LogP contribution in [0, 0.1) is 5.82 Å². The van der Waals surface area contributed by atoms with Gasteiger partial charge in [-0.05, 0) is 0 Å². The SMILES string of the molecule is O=C=Nc1cc2c(cc1F)OCO2. The maximum Gasteiger partial charge on any atom is 0.240 e. The molecule has 0 saturated heterocycles. The van der Waals surface area contributed by atoms with Crippen molar-refractivity contribution in [3.05, 3.63) is 17.9 Å². The number of hydrogen-bond donors (Lipinski definition) is 0. The van der Waals surface area contributed by atoms with Crippen LogP contribution in [0.3, 0.4) is 0 Å². The highest BCUT2D eigenvalue weighted by Gasteiger charge is 2.16. The Morgan fingerprint density at radius 1 is 1.38 bits per heavy atom. The minimum absolute atomic E-state index is 0.0586. The number of ether oxygens (including phenoxy) is 2. The molecule has 2 rings (SSSR count). The average Bonchev–Trinajstić information content (AvgIpc) is 2.52. The van der Waals surface area contributed by atoms with Crippen molar-refractivity contribution in [1.82, 2.24) is 0 Å². The van der Waals surface area contributed by atoms with E-state index in [9.17, 15) is 9.18 Å². The monoisotopic (exact) mass is 181 g/mol. The lowest BCUT2D eigenvalue weighted by Crippen LogP contribution is -1.92. The second-order valence-electron chi connectivity index (χ2n) is 2.36. The first-order valence-electron chi connectivity index (χ1n) is 3.48. The number of fused-ring (bicyclic) bond motifs is 1. The highest BCUT2D eigenvalue weighted by molar-refractivity contribution is 5.57. The van der Waals surface area contributed by atoms with Crippen molar-refractivity contribution < 1.29 is 18.7 Å². The summed E-state index contributed by atoms with van der Waals surface area (Å²) in [6.07, 6.45) is 1.25. The maximum absolute atomic E-state index is 13.0. The lowest BCUT2D eigenvalue weighted by molar-refractivity contribution is 0.174. The molecule has 1 aliphatic heterocycles. The van der Waals surface area contributed by atoms with Crippen LogP contribution in [-0.4, -0.2) is 12.9 Å². The Kier molecular flexibility index (Phi) is 1.72. The molecule has 1 aromatic rings. The summed E-state index contributed by atoms with van der Waals surface area (Å²) in [5.74, 6) is 0.0744. The number of rotatable bonds is 1. The first-order chi connectivity index (χ1) is 6.31. The molecule has 0 aliphatic carbocycles. The first kappa shape index (κ1) is 7.76. The molecule has 0 aromatic heterocycles. The fraction of sp³-hybridized carbons (Fsp3) is 0.125. The molecule has 1 heterocycles. The van der Waals surface area contributed by atoms with Gasteiger partial charge in [0, 0.05) is 12.1 Å². The fourth-order valence-corrected chi connectivity index (χ4v) is 1.04. The third-order valence-corrected chi connectivity index (χ3v) is 1.61. The van der Waals surface area contributed by atoms with E-state index in [1.54, 1.807) is 0 Å². The van der Waals surface area contributed by atoms with E-state index in [1.807, 2.05) is 0 Å². The normalized spacial score (nSPS) is 12.4. The molecule has 1 aromatic carbocycles. The second kappa shape index (κ2) is 2.88. The summed E-state index contributed by atoms with van der Waals surface area (Å²) >= 11 is 0. The fourth-order valence-electron chi connectivity index (χ4n) is 1.04. The van der Waals surface area contributed by atoms with Gasteiger partial charge in [0.2, 0.25) is 12.9 Å². The third-order valence-electron chi connectivity index (χ3n) is 1.61. The van der Waals surface area contributed by atoms with Crippen LogP contribution in [0.1, 0.15) is 0 Å². The lowest BCUT2D eigenvalue weighted by atomic mass is 10.2. The van der Waals surface area contributed by atoms with Crippen LogP contribution in [0.25, 0.3) is 0 Å². The van der Waals surface area contributed by atoms with E-state index >= 15 is 0 Å². The third kappa shape index (κ3) is 1.25. The first-order valence-corrected chi connectivity index (χ1v) is 3.48. The van der Waals surface area contributed by atoms with E-state index in [2.05, 4.69) is 4.99 Å². The molecule has 4 nitrogen and oxygen atoms in total. The number of aliphatic imine (C=N–C) groups is 1. The van der Waals surface area contributed by atoms with Crippen molar-refractivity contribution in [2.75, 3.05) is 6.79 Å². The van der Waals surface area contributed by atoms with E-state index < -0.39 is 5.82 Å². The largest absolute Gasteiger partial charge is 0.454 e. The van der Waals surface area contributed by atoms with Gasteiger partial charge in [-0.15, -0.1) is 0 Å². The Bertz CT molecular complexity index is 399. The number of nitrogens with zero attached hydrogens (tertiary/aromatic N) is 1. The lowest BCUT2D eigenvalue weighted by Gasteiger charge is -1.97. The number of halogens is 1. The summed E-state index contributed by atoms with van der Waals surface area (Å²) < 4.78 is 22.9. The molecule has 0 radical (unpaired) electrons. The van der Waals surface area contributed by atoms with E-state index in [4.69, 9.17) is 9.47 Å². The molecule has 1 aliphatic rings. The molecule has 0 amide bonds. The summed E-state index contributed by atoms with van der Waals surface area (Å²) in [5, 5.41) is 0. The standard InChI is InChI=1S/C8H4FNO3/c9-5-1-7-8(13-4-12-7)2-6(5)10-3-11/h1-2H,4H2. The Labute approximate surface area is 72.6 Å². The van der Waals surface area contributed by atoms with Crippen LogP contribution in [-0.2, 0) is 4.79 Å². The average molecular weight is 181 g/mol. The summed E-state index contributed by atoms with van der Waals surface area (Å²) in [6, 6.07) is 2.42. The Hall–Kier alpha value is -1.87. The van der Waals surface area contributed by atoms with Gasteiger partial charge in [-0.2, -0.15) is 4.99 Å². The molecule has 0 bridgehead atoms. The zero-order valence-corrected chi connectivity index (χ0v) is 6.41. The van der Waals surface area contributed by atoms with Crippen molar-refractivity contribution in [3.63, 3.8) is 0 Å². The van der Waals surface area contributed by atoms with Crippen molar-refractivity contribution in [3.8, 4) is 11.5 Å². The topological polar surface area (TPSA) is 47.9 Å². The summed E-state index contributed by atoms with van der Waals surface area (Å²) in [6.45, 7) is 0.0586. The van der Waals surface area contributed by atoms with E-state index in [0.717, 1.165) is 6.07 Å². The Balaban J connectivity index is 2.55. The van der Waals surface area contributed by atoms with E-state index in [0.29, 0.717) is 11.5 Å². The summed E-state index contributed by atoms with van der Waals surface area (Å²) in [5.41, 5.74) is -0.0979. The molecule has 66 valence electrons. The molecule has 0 saturated carbocycles. The predicted octanol–water partition coefficient (Wildman–Crippen LogP) is 1.52. The van der Waals surface area contributed by atoms with E-state index in [1.165, 1.54) is 12.1 Å². The van der Waals surface area contributed by atoms with Crippen molar-refractivity contribution >= 4 is 11.8 Å². The van der Waals surface area contributed by atoms with Crippen LogP contribution in [0.5, 0.6) is 11.5 Å². The van der Waals surface area contributed by atoms with Crippen LogP contribution >= 0.6 is 0 Å². The van der Waals surface area contributed by atoms with Gasteiger partial charge in [-0.25, -0.2) is 9.18 Å². The summed E-state index contributed by atoms with van der Waals surface area (Å²) in [7, 11) is 0. The molecular weight excluding hydrogens is 177 g/mol. The molecule has 0 N–H and O–H groups in total. The number of benzene rings is 1. The van der Waals surface area contributed by atoms with Gasteiger partial charge in [-0.3, -0.25) is 0 Å². The van der Waals surface area contributed by atoms with Gasteiger partial charge in [-0.1, -0.05) is 0 Å². The van der Waals surface area contributed by atoms with Crippen LogP contribution < -0.4 is 9.47 Å². The van der Waals surface area contributed by atoms with Gasteiger partial charge < -0.3 is 9.47 Å². The van der Waals surface area contributed by atoms with Crippen LogP contribution in [0.2, 0.25) is 0 Å². The predicted molar refractivity (Wildman–Crippen MR) is 40.3 cm³/mol. The molecule has 0 fully saturated rings. The van der Waals surface area contributed by atoms with Crippen molar-refractivity contribution in [2.24, 2.45) is 4.99 Å². The van der Waals surface area contributed by atoms with E-state index in [-0.39, 0.29) is 12.5 Å². The highest BCUT2D eigenvalue weighted by atomic mass is 19.1. The van der Waals surface area contributed by atoms with Gasteiger partial charge in [0.05, 0.1) is 0 Å². The molecule has 0 atom stereocenters. The summed E-state index contributed by atoms with van der Waals surface area (Å²) in [4.78, 5) is 13.1. The highest BCUT2D eigenvalue weighted by Crippen LogP contribution is 2.37. The smallest absolute Gasteiger partial charge is 0.240 e. The van der Waals surface area contributed by atoms with Crippen LogP contribution in [0.4, 0.5) is 10.1 Å². The van der Waals surface area contributed by atoms with Gasteiger partial charge in [0.15, 0.2) is 17.3 Å².